The predicted molar refractivity (Wildman–Crippen MR) is 111 cm³/mol. The molecule has 0 spiro atoms. The third-order valence-corrected chi connectivity index (χ3v) is 4.98. The molecule has 0 unspecified atom stereocenters. The molecule has 2 heterocycles. The van der Waals surface area contributed by atoms with Crippen molar-refractivity contribution in [2.75, 3.05) is 4.90 Å². The van der Waals surface area contributed by atoms with E-state index in [0.717, 1.165) is 4.52 Å². The first kappa shape index (κ1) is 20.0. The molecule has 1 amide bonds. The van der Waals surface area contributed by atoms with E-state index in [-0.39, 0.29) is 29.4 Å². The molecule has 154 valence electrons. The van der Waals surface area contributed by atoms with Crippen LogP contribution in [0.5, 0.6) is 0 Å². The number of nitriles is 1. The maximum atomic E-state index is 14.3. The maximum absolute atomic E-state index is 14.3. The number of hydrogen-bond acceptors (Lipinski definition) is 5. The van der Waals surface area contributed by atoms with Crippen molar-refractivity contribution in [1.29, 1.82) is 5.26 Å². The van der Waals surface area contributed by atoms with E-state index in [9.17, 15) is 14.0 Å². The lowest BCUT2D eigenvalue weighted by atomic mass is 10.1. The van der Waals surface area contributed by atoms with Gasteiger partial charge in [-0.05, 0) is 43.7 Å². The smallest absolute Gasteiger partial charge is 0.272 e. The summed E-state index contributed by atoms with van der Waals surface area (Å²) < 4.78 is 15.5. The Morgan fingerprint density at radius 1 is 1.16 bits per heavy atom. The lowest BCUT2D eigenvalue weighted by Crippen LogP contribution is -2.32. The van der Waals surface area contributed by atoms with Gasteiger partial charge in [0, 0.05) is 11.3 Å². The molecule has 0 atom stereocenters. The number of nitrogens with zero attached hydrogens (tertiary/aromatic N) is 5. The highest BCUT2D eigenvalue weighted by atomic mass is 19.1. The average molecular weight is 416 g/mol. The summed E-state index contributed by atoms with van der Waals surface area (Å²) in [6.07, 6.45) is 0. The minimum absolute atomic E-state index is 0.0331. The second-order valence-electron chi connectivity index (χ2n) is 6.99. The number of benzene rings is 2. The van der Waals surface area contributed by atoms with Crippen LogP contribution in [0.1, 0.15) is 32.7 Å². The molecule has 9 heteroatoms. The van der Waals surface area contributed by atoms with Gasteiger partial charge in [0.1, 0.15) is 5.82 Å². The SMILES string of the molecule is Cc1nc2nc(N(Cc3ccc(C#N)cc3)C(=O)c3ccccc3F)[nH]n2c(=O)c1C. The van der Waals surface area contributed by atoms with Crippen molar-refractivity contribution in [3.8, 4) is 6.07 Å². The van der Waals surface area contributed by atoms with E-state index < -0.39 is 11.7 Å². The lowest BCUT2D eigenvalue weighted by Gasteiger charge is -2.20. The van der Waals surface area contributed by atoms with Crippen molar-refractivity contribution in [2.24, 2.45) is 0 Å². The molecule has 0 aliphatic heterocycles. The van der Waals surface area contributed by atoms with Gasteiger partial charge in [0.2, 0.25) is 5.95 Å². The maximum Gasteiger partial charge on any atom is 0.277 e. The van der Waals surface area contributed by atoms with E-state index in [0.29, 0.717) is 22.4 Å². The Morgan fingerprint density at radius 2 is 1.87 bits per heavy atom. The molecule has 0 aliphatic rings. The zero-order chi connectivity index (χ0) is 22.1. The van der Waals surface area contributed by atoms with Crippen LogP contribution in [0.15, 0.2) is 53.3 Å². The fraction of sp³-hybridized carbons (Fsp3) is 0.136. The molecular formula is C22H17FN6O2. The lowest BCUT2D eigenvalue weighted by molar-refractivity contribution is 0.0979. The number of aromatic nitrogens is 4. The Bertz CT molecular complexity index is 1400. The Kier molecular flexibility index (Phi) is 5.05. The molecular weight excluding hydrogens is 399 g/mol. The van der Waals surface area contributed by atoms with Gasteiger partial charge in [0.15, 0.2) is 0 Å². The van der Waals surface area contributed by atoms with E-state index in [2.05, 4.69) is 15.1 Å². The Morgan fingerprint density at radius 3 is 2.55 bits per heavy atom. The first-order valence-electron chi connectivity index (χ1n) is 9.40. The van der Waals surface area contributed by atoms with Gasteiger partial charge >= 0.3 is 0 Å². The average Bonchev–Trinajstić information content (AvgIpc) is 3.20. The Hall–Kier alpha value is -4.32. The van der Waals surface area contributed by atoms with Crippen LogP contribution >= 0.6 is 0 Å². The zero-order valence-electron chi connectivity index (χ0n) is 16.8. The molecule has 0 aliphatic carbocycles. The van der Waals surface area contributed by atoms with Crippen LogP contribution < -0.4 is 10.5 Å². The van der Waals surface area contributed by atoms with E-state index in [1.165, 1.54) is 23.1 Å². The van der Waals surface area contributed by atoms with E-state index >= 15 is 0 Å². The zero-order valence-corrected chi connectivity index (χ0v) is 16.8. The van der Waals surface area contributed by atoms with Crippen LogP contribution in [0.3, 0.4) is 0 Å². The van der Waals surface area contributed by atoms with Crippen LogP contribution in [0.25, 0.3) is 5.78 Å². The van der Waals surface area contributed by atoms with E-state index in [1.54, 1.807) is 44.2 Å². The van der Waals surface area contributed by atoms with Crippen LogP contribution in [-0.2, 0) is 6.54 Å². The molecule has 2 aromatic heterocycles. The van der Waals surface area contributed by atoms with Crippen LogP contribution in [0.4, 0.5) is 10.3 Å². The van der Waals surface area contributed by atoms with E-state index in [4.69, 9.17) is 5.26 Å². The van der Waals surface area contributed by atoms with Gasteiger partial charge in [-0.2, -0.15) is 14.8 Å². The minimum atomic E-state index is -0.671. The fourth-order valence-electron chi connectivity index (χ4n) is 3.10. The van der Waals surface area contributed by atoms with Gasteiger partial charge < -0.3 is 0 Å². The monoisotopic (exact) mass is 416 g/mol. The number of amides is 1. The number of aryl methyl sites for hydroxylation is 1. The van der Waals surface area contributed by atoms with Gasteiger partial charge in [-0.1, -0.05) is 24.3 Å². The quantitative estimate of drug-likeness (QED) is 0.550. The summed E-state index contributed by atoms with van der Waals surface area (Å²) in [5, 5.41) is 11.8. The van der Waals surface area contributed by atoms with Gasteiger partial charge in [0.25, 0.3) is 17.2 Å². The first-order valence-corrected chi connectivity index (χ1v) is 9.40. The van der Waals surface area contributed by atoms with E-state index in [1.807, 2.05) is 6.07 Å². The number of aromatic amines is 1. The third-order valence-electron chi connectivity index (χ3n) is 4.98. The first-order chi connectivity index (χ1) is 14.9. The third kappa shape index (κ3) is 3.67. The molecule has 0 radical (unpaired) electrons. The summed E-state index contributed by atoms with van der Waals surface area (Å²) in [5.74, 6) is -1.15. The summed E-state index contributed by atoms with van der Waals surface area (Å²) in [7, 11) is 0. The van der Waals surface area contributed by atoms with Crippen molar-refractivity contribution < 1.29 is 9.18 Å². The summed E-state index contributed by atoms with van der Waals surface area (Å²) in [4.78, 5) is 35.7. The predicted octanol–water partition coefficient (Wildman–Crippen LogP) is 2.89. The summed E-state index contributed by atoms with van der Waals surface area (Å²) in [5.41, 5.74) is 1.68. The highest BCUT2D eigenvalue weighted by Crippen LogP contribution is 2.19. The molecule has 0 fully saturated rings. The molecule has 0 saturated heterocycles. The van der Waals surface area contributed by atoms with Crippen molar-refractivity contribution >= 4 is 17.6 Å². The molecule has 31 heavy (non-hydrogen) atoms. The normalized spacial score (nSPS) is 10.8. The number of hydrogen-bond donors (Lipinski definition) is 1. The number of anilines is 1. The molecule has 8 nitrogen and oxygen atoms in total. The molecule has 4 rings (SSSR count). The van der Waals surface area contributed by atoms with Crippen molar-refractivity contribution in [3.63, 3.8) is 0 Å². The van der Waals surface area contributed by atoms with Crippen LogP contribution in [0.2, 0.25) is 0 Å². The molecule has 4 aromatic rings. The molecule has 0 bridgehead atoms. The standard InChI is InChI=1S/C22H17FN6O2/c1-13-14(2)25-21-26-22(27-29(21)19(13)30)28(12-16-9-7-15(11-24)8-10-16)20(31)17-5-3-4-6-18(17)23/h3-10H,12H2,1-2H3,(H,25,26,27). The molecule has 1 N–H and O–H groups in total. The number of H-pyrrole nitrogens is 1. The molecule has 0 saturated carbocycles. The number of halogens is 1. The van der Waals surface area contributed by atoms with Crippen molar-refractivity contribution in [3.05, 3.63) is 92.6 Å². The van der Waals surface area contributed by atoms with Gasteiger partial charge in [-0.25, -0.2) is 9.37 Å². The van der Waals surface area contributed by atoms with Crippen LogP contribution in [-0.4, -0.2) is 25.5 Å². The highest BCUT2D eigenvalue weighted by Gasteiger charge is 2.25. The number of carbonyl (C=O) groups is 1. The fourth-order valence-corrected chi connectivity index (χ4v) is 3.10. The number of fused-ring (bicyclic) bond motifs is 1. The van der Waals surface area contributed by atoms with Gasteiger partial charge in [0.05, 0.1) is 23.7 Å². The summed E-state index contributed by atoms with van der Waals surface area (Å²) in [6.45, 7) is 3.38. The van der Waals surface area contributed by atoms with Gasteiger partial charge in [-0.15, -0.1) is 0 Å². The summed E-state index contributed by atoms with van der Waals surface area (Å²) in [6, 6.07) is 14.3. The second-order valence-corrected chi connectivity index (χ2v) is 6.99. The number of nitrogens with one attached hydrogen (secondary N) is 1. The number of carbonyl (C=O) groups excluding carboxylic acids is 1. The largest absolute Gasteiger partial charge is 0.277 e. The Labute approximate surface area is 176 Å². The second kappa shape index (κ2) is 7.84. The topological polar surface area (TPSA) is 107 Å². The van der Waals surface area contributed by atoms with Crippen molar-refractivity contribution in [2.45, 2.75) is 20.4 Å². The number of rotatable bonds is 4. The highest BCUT2D eigenvalue weighted by molar-refractivity contribution is 6.05. The summed E-state index contributed by atoms with van der Waals surface area (Å²) >= 11 is 0. The Balaban J connectivity index is 1.83. The van der Waals surface area contributed by atoms with Gasteiger partial charge in [-0.3, -0.25) is 19.6 Å². The van der Waals surface area contributed by atoms with Crippen LogP contribution in [0, 0.1) is 31.0 Å². The minimum Gasteiger partial charge on any atom is -0.272 e. The molecule has 2 aromatic carbocycles. The van der Waals surface area contributed by atoms with Crippen molar-refractivity contribution in [1.82, 2.24) is 19.6 Å².